The number of aromatic nitrogens is 3. The lowest BCUT2D eigenvalue weighted by molar-refractivity contribution is -0.136. The highest BCUT2D eigenvalue weighted by Gasteiger charge is 2.06. The van der Waals surface area contributed by atoms with Crippen molar-refractivity contribution in [2.24, 2.45) is 0 Å². The van der Waals surface area contributed by atoms with E-state index in [-0.39, 0.29) is 6.42 Å². The number of rotatable bonds is 4. The van der Waals surface area contributed by atoms with Gasteiger partial charge in [0.25, 0.3) is 0 Å². The number of nitrogens with zero attached hydrogens (tertiary/aromatic N) is 3. The molecule has 82 valence electrons. The molecule has 0 radical (unpaired) electrons. The zero-order chi connectivity index (χ0) is 11.4. The van der Waals surface area contributed by atoms with Crippen LogP contribution in [0.15, 0.2) is 24.1 Å². The summed E-state index contributed by atoms with van der Waals surface area (Å²) in [5, 5.41) is 13.9. The van der Waals surface area contributed by atoms with E-state index in [1.807, 2.05) is 0 Å². The zero-order valence-electron chi connectivity index (χ0n) is 8.12. The lowest BCUT2D eigenvalue weighted by Gasteiger charge is -1.99. The van der Waals surface area contributed by atoms with Crippen LogP contribution in [0.1, 0.15) is 5.69 Å². The van der Waals surface area contributed by atoms with Gasteiger partial charge in [-0.3, -0.25) is 4.79 Å². The third-order valence-corrected chi connectivity index (χ3v) is 2.50. The first-order valence-corrected chi connectivity index (χ1v) is 5.30. The van der Waals surface area contributed by atoms with Gasteiger partial charge in [0.05, 0.1) is 30.2 Å². The minimum absolute atomic E-state index is 0.0660. The average molecular weight is 236 g/mol. The Balaban J connectivity index is 2.06. The molecular weight excluding hydrogens is 228 g/mol. The molecule has 0 aliphatic carbocycles. The summed E-state index contributed by atoms with van der Waals surface area (Å²) in [6, 6.07) is 0. The predicted molar refractivity (Wildman–Crippen MR) is 58.8 cm³/mol. The zero-order valence-corrected chi connectivity index (χ0v) is 8.94. The quantitative estimate of drug-likeness (QED) is 0.832. The fourth-order valence-electron chi connectivity index (χ4n) is 1.09. The molecule has 16 heavy (non-hydrogen) atoms. The fraction of sp³-hybridized carbons (Fsp3) is 0.111. The topological polar surface area (TPSA) is 88.0 Å². The van der Waals surface area contributed by atoms with Crippen LogP contribution in [0, 0.1) is 0 Å². The van der Waals surface area contributed by atoms with Crippen LogP contribution in [-0.2, 0) is 11.2 Å². The second kappa shape index (κ2) is 4.67. The van der Waals surface area contributed by atoms with Crippen molar-refractivity contribution in [2.45, 2.75) is 6.42 Å². The van der Waals surface area contributed by atoms with Gasteiger partial charge in [-0.05, 0) is 0 Å². The number of nitrogens with one attached hydrogen (secondary N) is 1. The van der Waals surface area contributed by atoms with Gasteiger partial charge in [-0.15, -0.1) is 11.3 Å². The summed E-state index contributed by atoms with van der Waals surface area (Å²) >= 11 is 1.35. The molecule has 0 spiro atoms. The molecule has 6 nitrogen and oxygen atoms in total. The second-order valence-corrected chi connectivity index (χ2v) is 3.82. The summed E-state index contributed by atoms with van der Waals surface area (Å²) in [5.41, 5.74) is 1.26. The smallest absolute Gasteiger partial charge is 0.309 e. The molecular formula is C9H8N4O2S. The van der Waals surface area contributed by atoms with Gasteiger partial charge in [-0.25, -0.2) is 15.0 Å². The summed E-state index contributed by atoms with van der Waals surface area (Å²) in [5.74, 6) is -0.889. The summed E-state index contributed by atoms with van der Waals surface area (Å²) in [4.78, 5) is 22.3. The van der Waals surface area contributed by atoms with Gasteiger partial charge in [-0.1, -0.05) is 0 Å². The van der Waals surface area contributed by atoms with Gasteiger partial charge in [0.15, 0.2) is 5.13 Å². The lowest BCUT2D eigenvalue weighted by Crippen LogP contribution is -2.00. The SMILES string of the molecule is O=C(O)Cc1csc(Nc2cncnc2)n1. The van der Waals surface area contributed by atoms with Gasteiger partial charge in [0, 0.05) is 5.38 Å². The number of hydrogen-bond acceptors (Lipinski definition) is 6. The van der Waals surface area contributed by atoms with Crippen LogP contribution in [0.3, 0.4) is 0 Å². The van der Waals surface area contributed by atoms with Crippen LogP contribution >= 0.6 is 11.3 Å². The van der Waals surface area contributed by atoms with E-state index in [0.29, 0.717) is 10.8 Å². The number of thiazole rings is 1. The number of carboxylic acids is 1. The molecule has 2 rings (SSSR count). The number of hydrogen-bond donors (Lipinski definition) is 2. The second-order valence-electron chi connectivity index (χ2n) is 2.97. The molecule has 2 aromatic heterocycles. The Labute approximate surface area is 95.0 Å². The van der Waals surface area contributed by atoms with Crippen molar-refractivity contribution in [3.05, 3.63) is 29.8 Å². The molecule has 0 bridgehead atoms. The van der Waals surface area contributed by atoms with Crippen LogP contribution in [0.5, 0.6) is 0 Å². The molecule has 0 fully saturated rings. The fourth-order valence-corrected chi connectivity index (χ4v) is 1.82. The maximum absolute atomic E-state index is 10.5. The van der Waals surface area contributed by atoms with Gasteiger partial charge in [0.1, 0.15) is 6.33 Å². The van der Waals surface area contributed by atoms with Gasteiger partial charge < -0.3 is 10.4 Å². The molecule has 0 amide bonds. The van der Waals surface area contributed by atoms with Crippen LogP contribution in [0.25, 0.3) is 0 Å². The van der Waals surface area contributed by atoms with Gasteiger partial charge in [-0.2, -0.15) is 0 Å². The number of aliphatic carboxylic acids is 1. The Morgan fingerprint density at radius 2 is 2.19 bits per heavy atom. The monoisotopic (exact) mass is 236 g/mol. The van der Waals surface area contributed by atoms with Crippen molar-refractivity contribution in [2.75, 3.05) is 5.32 Å². The third-order valence-electron chi connectivity index (χ3n) is 1.70. The molecule has 2 aromatic rings. The van der Waals surface area contributed by atoms with E-state index < -0.39 is 5.97 Å². The summed E-state index contributed by atoms with van der Waals surface area (Å²) in [6.45, 7) is 0. The van der Waals surface area contributed by atoms with Crippen LogP contribution < -0.4 is 5.32 Å². The Hall–Kier alpha value is -2.02. The largest absolute Gasteiger partial charge is 0.481 e. The number of carboxylic acid groups (broad SMARTS) is 1. The van der Waals surface area contributed by atoms with E-state index in [1.54, 1.807) is 17.8 Å². The molecule has 0 aliphatic heterocycles. The number of anilines is 2. The van der Waals surface area contributed by atoms with Crippen molar-refractivity contribution in [3.8, 4) is 0 Å². The standard InChI is InChI=1S/C9H8N4O2S/c14-8(15)1-6-4-16-9(12-6)13-7-2-10-5-11-3-7/h2-5H,1H2,(H,12,13)(H,14,15). The van der Waals surface area contributed by atoms with E-state index >= 15 is 0 Å². The van der Waals surface area contributed by atoms with Crippen molar-refractivity contribution >= 4 is 28.1 Å². The Bertz CT molecular complexity index is 485. The summed E-state index contributed by atoms with van der Waals surface area (Å²) in [6.07, 6.45) is 4.60. The maximum Gasteiger partial charge on any atom is 0.309 e. The molecule has 0 aliphatic rings. The van der Waals surface area contributed by atoms with E-state index in [0.717, 1.165) is 5.69 Å². The maximum atomic E-state index is 10.5. The predicted octanol–water partition coefficient (Wildman–Crippen LogP) is 1.30. The van der Waals surface area contributed by atoms with E-state index in [9.17, 15) is 4.79 Å². The molecule has 0 aromatic carbocycles. The molecule has 0 saturated heterocycles. The highest BCUT2D eigenvalue weighted by Crippen LogP contribution is 2.19. The van der Waals surface area contributed by atoms with Crippen LogP contribution in [-0.4, -0.2) is 26.0 Å². The molecule has 2 N–H and O–H groups in total. The van der Waals surface area contributed by atoms with Crippen molar-refractivity contribution in [1.82, 2.24) is 15.0 Å². The van der Waals surface area contributed by atoms with Crippen LogP contribution in [0.4, 0.5) is 10.8 Å². The minimum atomic E-state index is -0.889. The first-order chi connectivity index (χ1) is 7.74. The van der Waals surface area contributed by atoms with E-state index in [1.165, 1.54) is 17.7 Å². The van der Waals surface area contributed by atoms with E-state index in [4.69, 9.17) is 5.11 Å². The Morgan fingerprint density at radius 1 is 1.44 bits per heavy atom. The van der Waals surface area contributed by atoms with Crippen molar-refractivity contribution in [1.29, 1.82) is 0 Å². The highest BCUT2D eigenvalue weighted by molar-refractivity contribution is 7.13. The molecule has 0 atom stereocenters. The average Bonchev–Trinajstić information content (AvgIpc) is 2.66. The Kier molecular flexibility index (Phi) is 3.06. The van der Waals surface area contributed by atoms with Gasteiger partial charge in [0.2, 0.25) is 0 Å². The molecule has 2 heterocycles. The van der Waals surface area contributed by atoms with Crippen molar-refractivity contribution in [3.63, 3.8) is 0 Å². The first-order valence-electron chi connectivity index (χ1n) is 4.42. The molecule has 7 heteroatoms. The van der Waals surface area contributed by atoms with Crippen molar-refractivity contribution < 1.29 is 9.90 Å². The number of carbonyl (C=O) groups is 1. The summed E-state index contributed by atoms with van der Waals surface area (Å²) < 4.78 is 0. The first kappa shape index (κ1) is 10.5. The van der Waals surface area contributed by atoms with Crippen LogP contribution in [0.2, 0.25) is 0 Å². The summed E-state index contributed by atoms with van der Waals surface area (Å²) in [7, 11) is 0. The third kappa shape index (κ3) is 2.74. The minimum Gasteiger partial charge on any atom is -0.481 e. The highest BCUT2D eigenvalue weighted by atomic mass is 32.1. The molecule has 0 unspecified atom stereocenters. The lowest BCUT2D eigenvalue weighted by atomic mass is 10.3. The normalized spacial score (nSPS) is 10.0. The molecule has 0 saturated carbocycles. The Morgan fingerprint density at radius 3 is 2.88 bits per heavy atom. The van der Waals surface area contributed by atoms with E-state index in [2.05, 4.69) is 20.3 Å². The van der Waals surface area contributed by atoms with Gasteiger partial charge >= 0.3 is 5.97 Å².